The Morgan fingerprint density at radius 1 is 1.28 bits per heavy atom. The molecule has 18 heavy (non-hydrogen) atoms. The van der Waals surface area contributed by atoms with Crippen molar-refractivity contribution in [3.8, 4) is 10.6 Å². The number of methoxy groups -OCH3 is 1. The fraction of sp³-hybridized carbons (Fsp3) is 0.286. The molecule has 4 heteroatoms. The number of nitrogens with zero attached hydrogens (tertiary/aromatic N) is 1. The molecule has 0 aliphatic rings. The summed E-state index contributed by atoms with van der Waals surface area (Å²) in [5.74, 6) is -0.319. The summed E-state index contributed by atoms with van der Waals surface area (Å²) in [6.45, 7) is 5.94. The molecule has 0 N–H and O–H groups in total. The first-order valence-electron chi connectivity index (χ1n) is 5.66. The van der Waals surface area contributed by atoms with Gasteiger partial charge in [-0.2, -0.15) is 0 Å². The van der Waals surface area contributed by atoms with E-state index in [-0.39, 0.29) is 5.97 Å². The molecule has 0 saturated carbocycles. The van der Waals surface area contributed by atoms with Gasteiger partial charge in [0.2, 0.25) is 0 Å². The van der Waals surface area contributed by atoms with E-state index >= 15 is 0 Å². The lowest BCUT2D eigenvalue weighted by Gasteiger charge is -2.02. The number of esters is 1. The number of rotatable bonds is 2. The van der Waals surface area contributed by atoms with E-state index < -0.39 is 0 Å². The predicted molar refractivity (Wildman–Crippen MR) is 73.1 cm³/mol. The van der Waals surface area contributed by atoms with E-state index in [4.69, 9.17) is 4.74 Å². The second-order valence-corrected chi connectivity index (χ2v) is 5.24. The van der Waals surface area contributed by atoms with E-state index in [1.165, 1.54) is 29.6 Å². The number of thiazole rings is 1. The number of carbonyl (C=O) groups excluding carboxylic acids is 1. The zero-order valence-electron chi connectivity index (χ0n) is 10.9. The summed E-state index contributed by atoms with van der Waals surface area (Å²) in [6.07, 6.45) is 0. The quantitative estimate of drug-likeness (QED) is 0.776. The summed E-state index contributed by atoms with van der Waals surface area (Å²) in [5, 5.41) is 0.866. The minimum absolute atomic E-state index is 0.319. The van der Waals surface area contributed by atoms with Gasteiger partial charge in [0, 0.05) is 5.56 Å². The van der Waals surface area contributed by atoms with Crippen LogP contribution in [0.4, 0.5) is 0 Å². The largest absolute Gasteiger partial charge is 0.465 e. The van der Waals surface area contributed by atoms with Gasteiger partial charge in [0.05, 0.1) is 12.8 Å². The third-order valence-corrected chi connectivity index (χ3v) is 3.95. The molecule has 1 aromatic heterocycles. The van der Waals surface area contributed by atoms with Crippen LogP contribution in [0.5, 0.6) is 0 Å². The highest BCUT2D eigenvalue weighted by molar-refractivity contribution is 7.17. The molecule has 0 spiro atoms. The van der Waals surface area contributed by atoms with Crippen LogP contribution in [-0.2, 0) is 4.74 Å². The highest BCUT2D eigenvalue weighted by Crippen LogP contribution is 2.30. The first-order valence-corrected chi connectivity index (χ1v) is 6.48. The Labute approximate surface area is 110 Å². The smallest absolute Gasteiger partial charge is 0.349 e. The summed E-state index contributed by atoms with van der Waals surface area (Å²) in [7, 11) is 1.39. The van der Waals surface area contributed by atoms with Crippen LogP contribution >= 0.6 is 11.3 Å². The summed E-state index contributed by atoms with van der Waals surface area (Å²) in [4.78, 5) is 16.6. The van der Waals surface area contributed by atoms with Crippen LogP contribution in [0.2, 0.25) is 0 Å². The Bertz CT molecular complexity index is 602. The fourth-order valence-electron chi connectivity index (χ4n) is 1.85. The highest BCUT2D eigenvalue weighted by Gasteiger charge is 2.17. The molecule has 3 nitrogen and oxygen atoms in total. The van der Waals surface area contributed by atoms with Gasteiger partial charge in [0.15, 0.2) is 0 Å². The van der Waals surface area contributed by atoms with E-state index in [1.54, 1.807) is 0 Å². The molecule has 0 aliphatic heterocycles. The molecule has 0 bridgehead atoms. The monoisotopic (exact) mass is 261 g/mol. The molecule has 0 amide bonds. The first-order chi connectivity index (χ1) is 8.52. The highest BCUT2D eigenvalue weighted by atomic mass is 32.1. The number of benzene rings is 1. The van der Waals surface area contributed by atoms with Crippen LogP contribution in [0.3, 0.4) is 0 Å². The van der Waals surface area contributed by atoms with Crippen LogP contribution in [0.1, 0.15) is 26.5 Å². The van der Waals surface area contributed by atoms with Gasteiger partial charge < -0.3 is 4.74 Å². The lowest BCUT2D eigenvalue weighted by atomic mass is 10.1. The first kappa shape index (κ1) is 12.8. The van der Waals surface area contributed by atoms with Crippen LogP contribution in [0.25, 0.3) is 10.6 Å². The Kier molecular flexibility index (Phi) is 3.48. The third-order valence-electron chi connectivity index (χ3n) is 2.78. The summed E-state index contributed by atoms with van der Waals surface area (Å²) in [5.41, 5.74) is 4.18. The van der Waals surface area contributed by atoms with Crippen LogP contribution in [0, 0.1) is 20.8 Å². The molecule has 1 heterocycles. The van der Waals surface area contributed by atoms with Crippen LogP contribution in [-0.4, -0.2) is 18.1 Å². The molecule has 0 aliphatic carbocycles. The van der Waals surface area contributed by atoms with E-state index in [0.29, 0.717) is 4.88 Å². The normalized spacial score (nSPS) is 10.4. The van der Waals surface area contributed by atoms with Gasteiger partial charge in [0.25, 0.3) is 0 Å². The molecule has 0 unspecified atom stereocenters. The number of aromatic nitrogens is 1. The van der Waals surface area contributed by atoms with Crippen molar-refractivity contribution in [2.45, 2.75) is 20.8 Å². The van der Waals surface area contributed by atoms with E-state index in [2.05, 4.69) is 31.0 Å². The molecular weight excluding hydrogens is 246 g/mol. The predicted octanol–water partition coefficient (Wildman–Crippen LogP) is 3.52. The van der Waals surface area contributed by atoms with Crippen molar-refractivity contribution >= 4 is 17.3 Å². The Hall–Kier alpha value is -1.68. The van der Waals surface area contributed by atoms with Gasteiger partial charge >= 0.3 is 5.97 Å². The maximum atomic E-state index is 11.6. The Morgan fingerprint density at radius 2 is 2.00 bits per heavy atom. The van der Waals surface area contributed by atoms with E-state index in [1.807, 2.05) is 13.0 Å². The Morgan fingerprint density at radius 3 is 2.61 bits per heavy atom. The van der Waals surface area contributed by atoms with Crippen molar-refractivity contribution in [1.82, 2.24) is 4.98 Å². The Balaban J connectivity index is 2.49. The lowest BCUT2D eigenvalue weighted by molar-refractivity contribution is 0.0605. The zero-order valence-corrected chi connectivity index (χ0v) is 11.7. The summed E-state index contributed by atoms with van der Waals surface area (Å²) >= 11 is 1.38. The summed E-state index contributed by atoms with van der Waals surface area (Å²) < 4.78 is 4.75. The molecule has 0 radical (unpaired) electrons. The minimum atomic E-state index is -0.319. The molecule has 2 aromatic rings. The fourth-order valence-corrected chi connectivity index (χ4v) is 2.92. The van der Waals surface area contributed by atoms with Gasteiger partial charge in [0.1, 0.15) is 9.88 Å². The van der Waals surface area contributed by atoms with Gasteiger partial charge in [-0.1, -0.05) is 23.8 Å². The van der Waals surface area contributed by atoms with Gasteiger partial charge in [-0.25, -0.2) is 9.78 Å². The van der Waals surface area contributed by atoms with Crippen LogP contribution < -0.4 is 0 Å². The van der Waals surface area contributed by atoms with Crippen molar-refractivity contribution in [3.05, 3.63) is 39.9 Å². The molecule has 0 atom stereocenters. The number of aryl methyl sites for hydroxylation is 3. The maximum absolute atomic E-state index is 11.6. The number of carbonyl (C=O) groups is 1. The number of hydrogen-bond donors (Lipinski definition) is 0. The van der Waals surface area contributed by atoms with Gasteiger partial charge in [-0.15, -0.1) is 11.3 Å². The van der Waals surface area contributed by atoms with Crippen molar-refractivity contribution in [1.29, 1.82) is 0 Å². The van der Waals surface area contributed by atoms with Gasteiger partial charge in [-0.3, -0.25) is 0 Å². The van der Waals surface area contributed by atoms with E-state index in [0.717, 1.165) is 16.3 Å². The average molecular weight is 261 g/mol. The van der Waals surface area contributed by atoms with Crippen molar-refractivity contribution in [2.75, 3.05) is 7.11 Å². The average Bonchev–Trinajstić information content (AvgIpc) is 2.70. The minimum Gasteiger partial charge on any atom is -0.465 e. The number of hydrogen-bond acceptors (Lipinski definition) is 4. The van der Waals surface area contributed by atoms with E-state index in [9.17, 15) is 4.79 Å². The SMILES string of the molecule is COC(=O)c1sc(-c2ccc(C)cc2C)nc1C. The molecule has 1 aromatic carbocycles. The second kappa shape index (κ2) is 4.90. The van der Waals surface area contributed by atoms with Crippen molar-refractivity contribution in [2.24, 2.45) is 0 Å². The molecule has 94 valence electrons. The topological polar surface area (TPSA) is 39.2 Å². The molecular formula is C14H15NO2S. The second-order valence-electron chi connectivity index (χ2n) is 4.24. The molecule has 0 fully saturated rings. The molecule has 2 rings (SSSR count). The third kappa shape index (κ3) is 2.29. The lowest BCUT2D eigenvalue weighted by Crippen LogP contribution is -1.99. The van der Waals surface area contributed by atoms with Crippen molar-refractivity contribution < 1.29 is 9.53 Å². The standard InChI is InChI=1S/C14H15NO2S/c1-8-5-6-11(9(2)7-8)13-15-10(3)12(18-13)14(16)17-4/h5-7H,1-4H3. The van der Waals surface area contributed by atoms with Gasteiger partial charge in [-0.05, 0) is 26.3 Å². The van der Waals surface area contributed by atoms with Crippen LogP contribution in [0.15, 0.2) is 18.2 Å². The molecule has 0 saturated heterocycles. The summed E-state index contributed by atoms with van der Waals surface area (Å²) in [6, 6.07) is 6.21. The zero-order chi connectivity index (χ0) is 13.3. The maximum Gasteiger partial charge on any atom is 0.349 e. The number of ether oxygens (including phenoxy) is 1. The van der Waals surface area contributed by atoms with Crippen molar-refractivity contribution in [3.63, 3.8) is 0 Å².